The summed E-state index contributed by atoms with van der Waals surface area (Å²) in [6, 6.07) is 1.40. The zero-order valence-electron chi connectivity index (χ0n) is 8.78. The molecular formula is C10H11ClO5. The number of phenolic OH excluding ortho intramolecular Hbond substituents is 1. The van der Waals surface area contributed by atoms with Crippen LogP contribution in [0.2, 0.25) is 5.02 Å². The largest absolute Gasteiger partial charge is 0.504 e. The maximum atomic E-state index is 10.6. The van der Waals surface area contributed by atoms with Crippen LogP contribution in [0.3, 0.4) is 0 Å². The summed E-state index contributed by atoms with van der Waals surface area (Å²) in [4.78, 5) is 10.6. The number of carboxylic acids is 1. The molecule has 0 fully saturated rings. The van der Waals surface area contributed by atoms with Gasteiger partial charge in [-0.3, -0.25) is 4.79 Å². The first-order valence-electron chi connectivity index (χ1n) is 4.35. The van der Waals surface area contributed by atoms with Gasteiger partial charge in [0.25, 0.3) is 0 Å². The molecule has 0 unspecified atom stereocenters. The smallest absolute Gasteiger partial charge is 0.308 e. The van der Waals surface area contributed by atoms with Crippen LogP contribution in [-0.4, -0.2) is 30.4 Å². The number of phenols is 1. The Morgan fingerprint density at radius 1 is 1.44 bits per heavy atom. The average Bonchev–Trinajstić information content (AvgIpc) is 2.23. The normalized spacial score (nSPS) is 9.94. The lowest BCUT2D eigenvalue weighted by atomic mass is 10.1. The van der Waals surface area contributed by atoms with Gasteiger partial charge in [-0.1, -0.05) is 11.6 Å². The minimum atomic E-state index is -1.09. The highest BCUT2D eigenvalue weighted by Gasteiger charge is 2.19. The molecule has 1 aromatic carbocycles. The maximum Gasteiger partial charge on any atom is 0.308 e. The fourth-order valence-electron chi connectivity index (χ4n) is 1.30. The number of aliphatic carboxylic acids is 1. The van der Waals surface area contributed by atoms with E-state index in [0.29, 0.717) is 0 Å². The van der Waals surface area contributed by atoms with Crippen LogP contribution in [-0.2, 0) is 11.2 Å². The summed E-state index contributed by atoms with van der Waals surface area (Å²) in [5.74, 6) is -1.08. The van der Waals surface area contributed by atoms with Crippen LogP contribution < -0.4 is 9.47 Å². The molecule has 0 spiro atoms. The highest BCUT2D eigenvalue weighted by Crippen LogP contribution is 2.43. The quantitative estimate of drug-likeness (QED) is 0.846. The van der Waals surface area contributed by atoms with E-state index in [1.807, 2.05) is 0 Å². The topological polar surface area (TPSA) is 76.0 Å². The van der Waals surface area contributed by atoms with Crippen molar-refractivity contribution in [2.75, 3.05) is 14.2 Å². The lowest BCUT2D eigenvalue weighted by Gasteiger charge is -2.13. The van der Waals surface area contributed by atoms with Gasteiger partial charge in [-0.15, -0.1) is 0 Å². The predicted molar refractivity (Wildman–Crippen MR) is 57.6 cm³/mol. The van der Waals surface area contributed by atoms with Gasteiger partial charge in [0.15, 0.2) is 11.5 Å². The predicted octanol–water partition coefficient (Wildman–Crippen LogP) is 1.69. The third-order valence-electron chi connectivity index (χ3n) is 2.02. The Hall–Kier alpha value is -1.62. The average molecular weight is 247 g/mol. The molecule has 6 heteroatoms. The summed E-state index contributed by atoms with van der Waals surface area (Å²) in [5.41, 5.74) is 0.104. The number of rotatable bonds is 4. The van der Waals surface area contributed by atoms with E-state index in [2.05, 4.69) is 0 Å². The number of hydrogen-bond donors (Lipinski definition) is 2. The van der Waals surface area contributed by atoms with Crippen LogP contribution in [0.5, 0.6) is 17.2 Å². The van der Waals surface area contributed by atoms with E-state index in [9.17, 15) is 9.90 Å². The van der Waals surface area contributed by atoms with Gasteiger partial charge < -0.3 is 19.7 Å². The van der Waals surface area contributed by atoms with Gasteiger partial charge in [-0.05, 0) is 0 Å². The van der Waals surface area contributed by atoms with Crippen LogP contribution in [0.15, 0.2) is 6.07 Å². The van der Waals surface area contributed by atoms with Gasteiger partial charge in [0.2, 0.25) is 5.75 Å². The zero-order chi connectivity index (χ0) is 12.3. The van der Waals surface area contributed by atoms with Crippen molar-refractivity contribution in [3.63, 3.8) is 0 Å². The first-order valence-corrected chi connectivity index (χ1v) is 4.73. The number of halogens is 1. The zero-order valence-corrected chi connectivity index (χ0v) is 9.54. The fourth-order valence-corrected chi connectivity index (χ4v) is 1.56. The molecule has 0 aliphatic carbocycles. The van der Waals surface area contributed by atoms with Gasteiger partial charge in [0.1, 0.15) is 0 Å². The van der Waals surface area contributed by atoms with Crippen LogP contribution in [0, 0.1) is 0 Å². The Labute approximate surface area is 97.2 Å². The first kappa shape index (κ1) is 12.4. The number of carboxylic acid groups (broad SMARTS) is 1. The monoisotopic (exact) mass is 246 g/mol. The fraction of sp³-hybridized carbons (Fsp3) is 0.300. The Kier molecular flexibility index (Phi) is 3.84. The van der Waals surface area contributed by atoms with Crippen molar-refractivity contribution in [3.8, 4) is 17.2 Å². The third kappa shape index (κ3) is 2.30. The Morgan fingerprint density at radius 3 is 2.50 bits per heavy atom. The molecule has 0 aliphatic heterocycles. The van der Waals surface area contributed by atoms with Crippen LogP contribution in [0.1, 0.15) is 5.56 Å². The third-order valence-corrected chi connectivity index (χ3v) is 2.36. The SMILES string of the molecule is COc1cc(Cl)c(CC(=O)O)c(O)c1OC. The molecule has 5 nitrogen and oxygen atoms in total. The van der Waals surface area contributed by atoms with E-state index >= 15 is 0 Å². The van der Waals surface area contributed by atoms with E-state index in [1.54, 1.807) is 0 Å². The molecule has 0 bridgehead atoms. The second-order valence-corrected chi connectivity index (χ2v) is 3.40. The van der Waals surface area contributed by atoms with Crippen molar-refractivity contribution in [1.82, 2.24) is 0 Å². The summed E-state index contributed by atoms with van der Waals surface area (Å²) >= 11 is 5.83. The lowest BCUT2D eigenvalue weighted by molar-refractivity contribution is -0.136. The maximum absolute atomic E-state index is 10.6. The van der Waals surface area contributed by atoms with Crippen molar-refractivity contribution >= 4 is 17.6 Å². The van der Waals surface area contributed by atoms with Crippen LogP contribution >= 0.6 is 11.6 Å². The number of aromatic hydroxyl groups is 1. The standard InChI is InChI=1S/C10H11ClO5/c1-15-7-4-6(11)5(3-8(12)13)9(14)10(7)16-2/h4,14H,3H2,1-2H3,(H,12,13). The van der Waals surface area contributed by atoms with Crippen LogP contribution in [0.25, 0.3) is 0 Å². The molecule has 0 aromatic heterocycles. The molecule has 0 radical (unpaired) electrons. The Balaban J connectivity index is 3.34. The molecule has 0 heterocycles. The molecule has 0 atom stereocenters. The highest BCUT2D eigenvalue weighted by atomic mass is 35.5. The van der Waals surface area contributed by atoms with Gasteiger partial charge in [0, 0.05) is 11.6 Å². The minimum absolute atomic E-state index is 0.0724. The van der Waals surface area contributed by atoms with Gasteiger partial charge in [0.05, 0.1) is 25.7 Å². The van der Waals surface area contributed by atoms with Gasteiger partial charge in [-0.25, -0.2) is 0 Å². The molecule has 0 saturated carbocycles. The summed E-state index contributed by atoms with van der Waals surface area (Å²) < 4.78 is 9.86. The molecule has 0 saturated heterocycles. The summed E-state index contributed by atoms with van der Waals surface area (Å²) in [7, 11) is 2.74. The number of methoxy groups -OCH3 is 2. The minimum Gasteiger partial charge on any atom is -0.504 e. The Morgan fingerprint density at radius 2 is 2.06 bits per heavy atom. The molecule has 2 N–H and O–H groups in total. The second-order valence-electron chi connectivity index (χ2n) is 2.99. The van der Waals surface area contributed by atoms with Crippen molar-refractivity contribution in [1.29, 1.82) is 0 Å². The highest BCUT2D eigenvalue weighted by molar-refractivity contribution is 6.32. The van der Waals surface area contributed by atoms with E-state index < -0.39 is 5.97 Å². The van der Waals surface area contributed by atoms with Crippen molar-refractivity contribution in [3.05, 3.63) is 16.7 Å². The lowest BCUT2D eigenvalue weighted by Crippen LogP contribution is -2.03. The molecular weight excluding hydrogens is 236 g/mol. The number of carbonyl (C=O) groups is 1. The van der Waals surface area contributed by atoms with Gasteiger partial charge in [-0.2, -0.15) is 0 Å². The molecule has 1 aromatic rings. The van der Waals surface area contributed by atoms with Crippen molar-refractivity contribution in [2.24, 2.45) is 0 Å². The summed E-state index contributed by atoms with van der Waals surface area (Å²) in [5, 5.41) is 18.6. The molecule has 88 valence electrons. The second kappa shape index (κ2) is 4.94. The molecule has 0 amide bonds. The number of ether oxygens (including phenoxy) is 2. The van der Waals surface area contributed by atoms with Crippen molar-refractivity contribution in [2.45, 2.75) is 6.42 Å². The van der Waals surface area contributed by atoms with E-state index in [0.717, 1.165) is 0 Å². The Bertz CT molecular complexity index is 416. The summed E-state index contributed by atoms with van der Waals surface area (Å²) in [6.07, 6.45) is -0.384. The summed E-state index contributed by atoms with van der Waals surface area (Å²) in [6.45, 7) is 0. The van der Waals surface area contributed by atoms with E-state index in [-0.39, 0.29) is 34.3 Å². The van der Waals surface area contributed by atoms with Crippen molar-refractivity contribution < 1.29 is 24.5 Å². The first-order chi connectivity index (χ1) is 7.51. The molecule has 16 heavy (non-hydrogen) atoms. The molecule has 1 rings (SSSR count). The van der Waals surface area contributed by atoms with Gasteiger partial charge >= 0.3 is 5.97 Å². The number of benzene rings is 1. The van der Waals surface area contributed by atoms with E-state index in [1.165, 1.54) is 20.3 Å². The molecule has 0 aliphatic rings. The van der Waals surface area contributed by atoms with E-state index in [4.69, 9.17) is 26.2 Å². The number of hydrogen-bond acceptors (Lipinski definition) is 4. The van der Waals surface area contributed by atoms with Crippen LogP contribution in [0.4, 0.5) is 0 Å².